The number of aryl methyl sites for hydroxylation is 1. The van der Waals surface area contributed by atoms with E-state index in [1.165, 1.54) is 44.1 Å². The molecule has 1 aromatic heterocycles. The summed E-state index contributed by atoms with van der Waals surface area (Å²) in [7, 11) is 0. The summed E-state index contributed by atoms with van der Waals surface area (Å²) in [5, 5.41) is 0.948. The first-order chi connectivity index (χ1) is 17.6. The van der Waals surface area contributed by atoms with Gasteiger partial charge in [0.05, 0.1) is 19.8 Å². The minimum Gasteiger partial charge on any atom is -0.486 e. The number of hydrogen-bond donors (Lipinski definition) is 0. The fourth-order valence-corrected chi connectivity index (χ4v) is 4.68. The van der Waals surface area contributed by atoms with E-state index in [9.17, 15) is 9.59 Å². The van der Waals surface area contributed by atoms with Gasteiger partial charge in [0.2, 0.25) is 0 Å². The number of carbonyl (C=O) groups is 2. The van der Waals surface area contributed by atoms with Gasteiger partial charge in [-0.05, 0) is 54.8 Å². The van der Waals surface area contributed by atoms with Gasteiger partial charge in [-0.3, -0.25) is 9.59 Å². The van der Waals surface area contributed by atoms with Gasteiger partial charge in [0.1, 0.15) is 12.4 Å². The normalized spacial score (nSPS) is 13.8. The van der Waals surface area contributed by atoms with Crippen molar-refractivity contribution in [3.63, 3.8) is 0 Å². The molecule has 0 unspecified atom stereocenters. The molecule has 2 aromatic carbocycles. The van der Waals surface area contributed by atoms with Crippen LogP contribution in [0.4, 0.5) is 0 Å². The van der Waals surface area contributed by atoms with E-state index in [-0.39, 0.29) is 24.8 Å². The number of nitrogens with zero attached hydrogens (tertiary/aromatic N) is 2. The average Bonchev–Trinajstić information content (AvgIpc) is 3.32. The number of ether oxygens (including phenoxy) is 2. The zero-order valence-electron chi connectivity index (χ0n) is 21.4. The van der Waals surface area contributed by atoms with Crippen LogP contribution in [0.5, 0.6) is 5.75 Å². The number of benzene rings is 2. The third-order valence-corrected chi connectivity index (χ3v) is 6.81. The summed E-state index contributed by atoms with van der Waals surface area (Å²) in [5.74, 6) is 0.742. The van der Waals surface area contributed by atoms with Crippen LogP contribution in [0.3, 0.4) is 0 Å². The average molecular weight is 491 g/mol. The third kappa shape index (κ3) is 7.20. The van der Waals surface area contributed by atoms with Gasteiger partial charge in [-0.1, -0.05) is 51.2 Å². The van der Waals surface area contributed by atoms with Crippen molar-refractivity contribution >= 4 is 22.6 Å². The Bertz CT molecular complexity index is 1130. The van der Waals surface area contributed by atoms with Crippen molar-refractivity contribution in [3.8, 4) is 5.75 Å². The molecule has 3 aromatic rings. The summed E-state index contributed by atoms with van der Waals surface area (Å²) in [6, 6.07) is 15.7. The zero-order chi connectivity index (χ0) is 25.2. The van der Waals surface area contributed by atoms with Gasteiger partial charge in [-0.15, -0.1) is 0 Å². The highest BCUT2D eigenvalue weighted by molar-refractivity contribution is 5.98. The molecule has 1 saturated heterocycles. The molecule has 1 aliphatic heterocycles. The second kappa shape index (κ2) is 13.3. The molecule has 36 heavy (non-hydrogen) atoms. The number of rotatable bonds is 13. The second-order valence-electron chi connectivity index (χ2n) is 9.61. The number of aromatic nitrogens is 1. The number of fused-ring (bicyclic) bond motifs is 1. The maximum absolute atomic E-state index is 12.8. The van der Waals surface area contributed by atoms with Crippen molar-refractivity contribution < 1.29 is 19.1 Å². The van der Waals surface area contributed by atoms with Crippen LogP contribution in [0, 0.1) is 0 Å². The van der Waals surface area contributed by atoms with E-state index in [1.54, 1.807) is 0 Å². The van der Waals surface area contributed by atoms with Crippen LogP contribution in [0.2, 0.25) is 0 Å². The third-order valence-electron chi connectivity index (χ3n) is 6.81. The van der Waals surface area contributed by atoms with Crippen LogP contribution >= 0.6 is 0 Å². The van der Waals surface area contributed by atoms with E-state index in [0.29, 0.717) is 31.9 Å². The Kier molecular flexibility index (Phi) is 9.56. The van der Waals surface area contributed by atoms with Gasteiger partial charge < -0.3 is 18.9 Å². The second-order valence-corrected chi connectivity index (χ2v) is 9.61. The highest BCUT2D eigenvalue weighted by Crippen LogP contribution is 2.20. The topological polar surface area (TPSA) is 60.8 Å². The Morgan fingerprint density at radius 3 is 2.44 bits per heavy atom. The van der Waals surface area contributed by atoms with E-state index in [0.717, 1.165) is 23.1 Å². The Morgan fingerprint density at radius 1 is 0.917 bits per heavy atom. The molecule has 0 spiro atoms. The molecule has 1 aliphatic rings. The molecule has 0 bridgehead atoms. The quantitative estimate of drug-likeness (QED) is 0.290. The molecule has 192 valence electrons. The van der Waals surface area contributed by atoms with E-state index < -0.39 is 0 Å². The van der Waals surface area contributed by atoms with Crippen molar-refractivity contribution in [2.45, 2.75) is 58.4 Å². The zero-order valence-corrected chi connectivity index (χ0v) is 21.4. The summed E-state index contributed by atoms with van der Waals surface area (Å²) in [4.78, 5) is 27.2. The summed E-state index contributed by atoms with van der Waals surface area (Å²) in [6.45, 7) is 4.91. The highest BCUT2D eigenvalue weighted by Gasteiger charge is 2.19. The molecular formula is C30H38N2O4. The van der Waals surface area contributed by atoms with Gasteiger partial charge in [-0.25, -0.2) is 0 Å². The van der Waals surface area contributed by atoms with Crippen LogP contribution < -0.4 is 4.74 Å². The van der Waals surface area contributed by atoms with Crippen LogP contribution in [-0.2, 0) is 22.5 Å². The predicted octanol–water partition coefficient (Wildman–Crippen LogP) is 5.66. The van der Waals surface area contributed by atoms with Gasteiger partial charge in [0, 0.05) is 35.8 Å². The van der Waals surface area contributed by atoms with E-state index in [4.69, 9.17) is 9.47 Å². The number of Topliss-reactive ketones (excluding diaryl/α,β-unsaturated/α-hetero) is 1. The minimum atomic E-state index is -0.00266. The fraction of sp³-hybridized carbons (Fsp3) is 0.467. The largest absolute Gasteiger partial charge is 0.486 e. The number of hydrogen-bond acceptors (Lipinski definition) is 4. The van der Waals surface area contributed by atoms with Crippen LogP contribution in [-0.4, -0.2) is 54.1 Å². The number of unbranched alkanes of at least 4 members (excludes halogenated alkanes) is 5. The maximum Gasteiger partial charge on any atom is 0.254 e. The van der Waals surface area contributed by atoms with Gasteiger partial charge in [0.25, 0.3) is 5.91 Å². The molecule has 0 atom stereocenters. The predicted molar refractivity (Wildman–Crippen MR) is 143 cm³/mol. The molecule has 0 saturated carbocycles. The van der Waals surface area contributed by atoms with Crippen molar-refractivity contribution in [2.75, 3.05) is 32.9 Å². The Labute approximate surface area is 214 Å². The number of ketones is 1. The number of morpholine rings is 1. The Hall–Kier alpha value is -3.12. The first kappa shape index (κ1) is 26.0. The lowest BCUT2D eigenvalue weighted by molar-refractivity contribution is -0.121. The smallest absolute Gasteiger partial charge is 0.254 e. The molecule has 2 heterocycles. The molecule has 1 fully saturated rings. The molecule has 0 radical (unpaired) electrons. The molecule has 0 aliphatic carbocycles. The van der Waals surface area contributed by atoms with E-state index in [1.807, 2.05) is 52.1 Å². The van der Waals surface area contributed by atoms with Crippen molar-refractivity contribution in [2.24, 2.45) is 0 Å². The van der Waals surface area contributed by atoms with Gasteiger partial charge >= 0.3 is 0 Å². The van der Waals surface area contributed by atoms with Crippen LogP contribution in [0.25, 0.3) is 10.9 Å². The molecule has 6 nitrogen and oxygen atoms in total. The molecule has 4 rings (SSSR count). The SMILES string of the molecule is CCCCCCCCc1ccc(OCC(=O)Cn2ccc3cc(C(=O)N4CCOCC4)ccc32)cc1. The first-order valence-electron chi connectivity index (χ1n) is 13.3. The van der Waals surface area contributed by atoms with Crippen LogP contribution in [0.1, 0.15) is 61.4 Å². The maximum atomic E-state index is 12.8. The van der Waals surface area contributed by atoms with E-state index >= 15 is 0 Å². The van der Waals surface area contributed by atoms with Crippen molar-refractivity contribution in [1.82, 2.24) is 9.47 Å². The van der Waals surface area contributed by atoms with Crippen LogP contribution in [0.15, 0.2) is 54.7 Å². The Morgan fingerprint density at radius 2 is 1.67 bits per heavy atom. The first-order valence-corrected chi connectivity index (χ1v) is 13.3. The fourth-order valence-electron chi connectivity index (χ4n) is 4.68. The molecule has 1 amide bonds. The summed E-state index contributed by atoms with van der Waals surface area (Å²) < 4.78 is 13.0. The highest BCUT2D eigenvalue weighted by atomic mass is 16.5. The summed E-state index contributed by atoms with van der Waals surface area (Å²) in [6.07, 6.45) is 10.8. The number of carbonyl (C=O) groups excluding carboxylic acids is 2. The van der Waals surface area contributed by atoms with Crippen molar-refractivity contribution in [1.29, 1.82) is 0 Å². The van der Waals surface area contributed by atoms with E-state index in [2.05, 4.69) is 19.1 Å². The van der Waals surface area contributed by atoms with Gasteiger partial charge in [0.15, 0.2) is 5.78 Å². The van der Waals surface area contributed by atoms with Gasteiger partial charge in [-0.2, -0.15) is 0 Å². The standard InChI is InChI=1S/C30H38N2O4/c1-2-3-4-5-6-7-8-24-9-12-28(13-10-24)36-23-27(33)22-32-16-15-25-21-26(11-14-29(25)32)30(34)31-17-19-35-20-18-31/h9-16,21H,2-8,17-20,22-23H2,1H3. The Balaban J connectivity index is 1.24. The lowest BCUT2D eigenvalue weighted by Crippen LogP contribution is -2.40. The summed E-state index contributed by atoms with van der Waals surface area (Å²) >= 11 is 0. The lowest BCUT2D eigenvalue weighted by Gasteiger charge is -2.26. The molecule has 0 N–H and O–H groups in total. The lowest BCUT2D eigenvalue weighted by atomic mass is 10.0. The summed E-state index contributed by atoms with van der Waals surface area (Å²) in [5.41, 5.74) is 2.91. The van der Waals surface area contributed by atoms with Crippen molar-refractivity contribution in [3.05, 3.63) is 65.9 Å². The minimum absolute atomic E-state index is 0.00266. The number of amides is 1. The molecule has 6 heteroatoms. The monoisotopic (exact) mass is 490 g/mol. The molecular weight excluding hydrogens is 452 g/mol.